The number of carboxylic acid groups (broad SMARTS) is 1. The van der Waals surface area contributed by atoms with Gasteiger partial charge >= 0.3 is 5.97 Å². The lowest BCUT2D eigenvalue weighted by Crippen LogP contribution is -2.44. The van der Waals surface area contributed by atoms with E-state index in [2.05, 4.69) is 15.7 Å². The van der Waals surface area contributed by atoms with E-state index in [1.54, 1.807) is 6.20 Å². The molecule has 0 bridgehead atoms. The summed E-state index contributed by atoms with van der Waals surface area (Å²) >= 11 is 0. The first-order chi connectivity index (χ1) is 19.2. The minimum absolute atomic E-state index is 0.0625. The Labute approximate surface area is 235 Å². The number of aliphatic carboxylic acids is 1. The van der Waals surface area contributed by atoms with E-state index < -0.39 is 12.0 Å². The number of carbonyl (C=O) groups is 3. The number of benzene rings is 1. The van der Waals surface area contributed by atoms with Gasteiger partial charge in [0.1, 0.15) is 6.04 Å². The minimum atomic E-state index is -0.840. The Morgan fingerprint density at radius 1 is 1.20 bits per heavy atom. The number of aryl methyl sites for hydroxylation is 2. The van der Waals surface area contributed by atoms with Crippen LogP contribution in [0.15, 0.2) is 66.2 Å². The third-order valence-corrected chi connectivity index (χ3v) is 7.42. The van der Waals surface area contributed by atoms with Gasteiger partial charge in [-0.15, -0.1) is 0 Å². The van der Waals surface area contributed by atoms with Crippen molar-refractivity contribution in [2.45, 2.75) is 72.0 Å². The first-order valence-corrected chi connectivity index (χ1v) is 13.9. The lowest BCUT2D eigenvalue weighted by atomic mass is 9.88. The molecule has 0 spiro atoms. The van der Waals surface area contributed by atoms with Gasteiger partial charge in [0, 0.05) is 42.5 Å². The van der Waals surface area contributed by atoms with E-state index in [0.717, 1.165) is 28.7 Å². The molecule has 2 aliphatic rings. The van der Waals surface area contributed by atoms with Crippen LogP contribution in [-0.2, 0) is 27.3 Å². The molecule has 1 aliphatic carbocycles. The summed E-state index contributed by atoms with van der Waals surface area (Å²) < 4.78 is 1.85. The fourth-order valence-electron chi connectivity index (χ4n) is 5.23. The third-order valence-electron chi connectivity index (χ3n) is 7.42. The van der Waals surface area contributed by atoms with Gasteiger partial charge in [0.2, 0.25) is 5.91 Å². The zero-order chi connectivity index (χ0) is 28.8. The zero-order valence-corrected chi connectivity index (χ0v) is 23.7. The SMILES string of the molecule is CCCNC(=O)C1=CC2C(C=C1)C(C)=CN2C(C)C(=O)Nc1cc(Cn2cc(C)cn2)ccc1CCCC(=O)O. The third kappa shape index (κ3) is 6.89. The number of carbonyl (C=O) groups excluding carboxylic acids is 2. The molecule has 40 heavy (non-hydrogen) atoms. The van der Waals surface area contributed by atoms with Crippen LogP contribution in [0.25, 0.3) is 0 Å². The number of anilines is 1. The van der Waals surface area contributed by atoms with E-state index in [1.165, 1.54) is 0 Å². The Morgan fingerprint density at radius 2 is 2.00 bits per heavy atom. The molecule has 2 aromatic rings. The molecule has 4 rings (SSSR count). The van der Waals surface area contributed by atoms with Crippen molar-refractivity contribution >= 4 is 23.5 Å². The summed E-state index contributed by atoms with van der Waals surface area (Å²) in [4.78, 5) is 39.4. The largest absolute Gasteiger partial charge is 0.481 e. The molecule has 1 aromatic carbocycles. The highest BCUT2D eigenvalue weighted by molar-refractivity contribution is 5.97. The van der Waals surface area contributed by atoms with Crippen LogP contribution >= 0.6 is 0 Å². The lowest BCUT2D eigenvalue weighted by Gasteiger charge is -2.33. The highest BCUT2D eigenvalue weighted by Gasteiger charge is 2.37. The summed E-state index contributed by atoms with van der Waals surface area (Å²) in [7, 11) is 0. The van der Waals surface area contributed by atoms with Gasteiger partial charge in [-0.1, -0.05) is 31.2 Å². The summed E-state index contributed by atoms with van der Waals surface area (Å²) in [6, 6.07) is 5.27. The van der Waals surface area contributed by atoms with Gasteiger partial charge in [-0.25, -0.2) is 0 Å². The van der Waals surface area contributed by atoms with Gasteiger partial charge in [0.25, 0.3) is 5.91 Å². The molecule has 3 N–H and O–H groups in total. The predicted octanol–water partition coefficient (Wildman–Crippen LogP) is 4.20. The van der Waals surface area contributed by atoms with Gasteiger partial charge < -0.3 is 20.6 Å². The molecule has 0 radical (unpaired) electrons. The summed E-state index contributed by atoms with van der Waals surface area (Å²) in [5, 5.41) is 19.5. The zero-order valence-electron chi connectivity index (χ0n) is 23.7. The molecule has 2 heterocycles. The normalized spacial score (nSPS) is 18.6. The van der Waals surface area contributed by atoms with Crippen LogP contribution in [0.3, 0.4) is 0 Å². The maximum absolute atomic E-state index is 13.6. The highest BCUT2D eigenvalue weighted by Crippen LogP contribution is 2.35. The second kappa shape index (κ2) is 12.8. The molecular weight excluding hydrogens is 506 g/mol. The number of fused-ring (bicyclic) bond motifs is 1. The van der Waals surface area contributed by atoms with E-state index in [-0.39, 0.29) is 30.2 Å². The van der Waals surface area contributed by atoms with Crippen LogP contribution in [0.2, 0.25) is 0 Å². The second-order valence-electron chi connectivity index (χ2n) is 10.7. The van der Waals surface area contributed by atoms with E-state index in [9.17, 15) is 14.4 Å². The highest BCUT2D eigenvalue weighted by atomic mass is 16.4. The second-order valence-corrected chi connectivity index (χ2v) is 10.7. The van der Waals surface area contributed by atoms with E-state index in [4.69, 9.17) is 5.11 Å². The molecule has 2 amide bonds. The van der Waals surface area contributed by atoms with Gasteiger partial charge in [-0.2, -0.15) is 5.10 Å². The topological polar surface area (TPSA) is 117 Å². The van der Waals surface area contributed by atoms with Gasteiger partial charge in [-0.05, 0) is 74.4 Å². The van der Waals surface area contributed by atoms with Crippen molar-refractivity contribution in [3.8, 4) is 0 Å². The van der Waals surface area contributed by atoms with Crippen molar-refractivity contribution in [1.82, 2.24) is 20.0 Å². The molecule has 3 unspecified atom stereocenters. The minimum Gasteiger partial charge on any atom is -0.481 e. The number of amides is 2. The Kier molecular flexibility index (Phi) is 9.24. The van der Waals surface area contributed by atoms with E-state index in [1.807, 2.05) is 86.1 Å². The standard InChI is InChI=1S/C31H39N5O4/c1-5-13-32-31(40)25-11-12-26-21(3)18-36(28(26)15-25)22(4)30(39)34-27-14-23(19-35-17-20(2)16-33-35)9-10-24(27)7-6-8-29(37)38/h9-12,14-18,22,26,28H,5-8,13,19H2,1-4H3,(H,32,40)(H,34,39)(H,37,38). The van der Waals surface area contributed by atoms with Crippen LogP contribution in [0.4, 0.5) is 5.69 Å². The van der Waals surface area contributed by atoms with Crippen LogP contribution in [0, 0.1) is 12.8 Å². The van der Waals surface area contributed by atoms with Gasteiger partial charge in [0.15, 0.2) is 0 Å². The van der Waals surface area contributed by atoms with Crippen molar-refractivity contribution in [1.29, 1.82) is 0 Å². The molecular formula is C31H39N5O4. The number of carboxylic acids is 1. The molecule has 1 aliphatic heterocycles. The van der Waals surface area contributed by atoms with Crippen molar-refractivity contribution < 1.29 is 19.5 Å². The Balaban J connectivity index is 1.53. The molecule has 0 saturated heterocycles. The lowest BCUT2D eigenvalue weighted by molar-refractivity contribution is -0.137. The molecule has 9 heteroatoms. The molecule has 0 saturated carbocycles. The number of hydrogen-bond acceptors (Lipinski definition) is 5. The Hall–Kier alpha value is -4.14. The maximum Gasteiger partial charge on any atom is 0.303 e. The number of nitrogens with zero attached hydrogens (tertiary/aromatic N) is 3. The monoisotopic (exact) mass is 545 g/mol. The van der Waals surface area contributed by atoms with Gasteiger partial charge in [0.05, 0.1) is 18.8 Å². The Bertz CT molecular complexity index is 1360. The average molecular weight is 546 g/mol. The number of nitrogens with one attached hydrogen (secondary N) is 2. The van der Waals surface area contributed by atoms with Crippen LogP contribution in [-0.4, -0.2) is 56.2 Å². The van der Waals surface area contributed by atoms with E-state index in [0.29, 0.717) is 37.2 Å². The summed E-state index contributed by atoms with van der Waals surface area (Å²) in [6.07, 6.45) is 13.6. The van der Waals surface area contributed by atoms with E-state index >= 15 is 0 Å². The summed E-state index contributed by atoms with van der Waals surface area (Å²) in [5.74, 6) is -1.01. The maximum atomic E-state index is 13.6. The first-order valence-electron chi connectivity index (χ1n) is 13.9. The Morgan fingerprint density at radius 3 is 2.70 bits per heavy atom. The fraction of sp³-hybridized carbons (Fsp3) is 0.419. The smallest absolute Gasteiger partial charge is 0.303 e. The van der Waals surface area contributed by atoms with Crippen LogP contribution in [0.5, 0.6) is 0 Å². The van der Waals surface area contributed by atoms with Gasteiger partial charge in [-0.3, -0.25) is 19.1 Å². The average Bonchev–Trinajstić information content (AvgIpc) is 3.49. The number of aromatic nitrogens is 2. The van der Waals surface area contributed by atoms with Crippen LogP contribution < -0.4 is 10.6 Å². The quantitative estimate of drug-likeness (QED) is 0.368. The number of rotatable bonds is 12. The predicted molar refractivity (Wildman–Crippen MR) is 155 cm³/mol. The molecule has 3 atom stereocenters. The first kappa shape index (κ1) is 28.9. The fourth-order valence-corrected chi connectivity index (χ4v) is 5.23. The summed E-state index contributed by atoms with van der Waals surface area (Å²) in [6.45, 7) is 9.08. The summed E-state index contributed by atoms with van der Waals surface area (Å²) in [5.41, 5.74) is 5.36. The van der Waals surface area contributed by atoms with Crippen molar-refractivity contribution in [3.63, 3.8) is 0 Å². The molecule has 0 fully saturated rings. The molecule has 1 aromatic heterocycles. The molecule has 212 valence electrons. The number of hydrogen-bond donors (Lipinski definition) is 3. The van der Waals surface area contributed by atoms with Crippen LogP contribution in [0.1, 0.15) is 56.7 Å². The van der Waals surface area contributed by atoms with Crippen molar-refractivity contribution in [3.05, 3.63) is 82.9 Å². The molecule has 9 nitrogen and oxygen atoms in total. The van der Waals surface area contributed by atoms with Crippen molar-refractivity contribution in [2.24, 2.45) is 5.92 Å². The van der Waals surface area contributed by atoms with Crippen molar-refractivity contribution in [2.75, 3.05) is 11.9 Å².